The van der Waals surface area contributed by atoms with E-state index in [1.807, 2.05) is 18.2 Å². The summed E-state index contributed by atoms with van der Waals surface area (Å²) < 4.78 is 34.7. The topological polar surface area (TPSA) is 102 Å². The van der Waals surface area contributed by atoms with E-state index in [1.165, 1.54) is 16.7 Å². The molecule has 0 spiro atoms. The lowest BCUT2D eigenvalue weighted by molar-refractivity contribution is -0.117. The maximum atomic E-state index is 13.2. The lowest BCUT2D eigenvalue weighted by atomic mass is 10.0. The molecule has 1 saturated heterocycles. The highest BCUT2D eigenvalue weighted by atomic mass is 35.5. The number of allylic oxidation sites excluding steroid dienone is 3. The second kappa shape index (κ2) is 12.2. The molecule has 212 valence electrons. The van der Waals surface area contributed by atoms with Crippen LogP contribution in [0.25, 0.3) is 0 Å². The first-order chi connectivity index (χ1) is 18.4. The smallest absolute Gasteiger partial charge is 0.297 e. The molecule has 6 rings (SSSR count). The average Bonchev–Trinajstić information content (AvgIpc) is 3.51. The molecule has 0 aromatic heterocycles. The maximum Gasteiger partial charge on any atom is 0.297 e. The Hall–Kier alpha value is -3.08. The Morgan fingerprint density at radius 2 is 1.82 bits per heavy atom. The molecule has 4 aliphatic heterocycles. The molecule has 11 heteroatoms. The maximum absolute atomic E-state index is 13.2. The Balaban J connectivity index is 0.00000185. The van der Waals surface area contributed by atoms with Crippen molar-refractivity contribution in [1.29, 1.82) is 0 Å². The zero-order chi connectivity index (χ0) is 26.3. The van der Waals surface area contributed by atoms with Gasteiger partial charge in [0.15, 0.2) is 0 Å². The Morgan fingerprint density at radius 1 is 1.05 bits per heavy atom. The molecule has 1 amide bonds. The summed E-state index contributed by atoms with van der Waals surface area (Å²) >= 11 is 0. The number of carbonyl (C=O) groups excluding carboxylic acids is 1. The van der Waals surface area contributed by atoms with Gasteiger partial charge in [0.1, 0.15) is 10.7 Å². The van der Waals surface area contributed by atoms with E-state index in [9.17, 15) is 17.8 Å². The third kappa shape index (κ3) is 5.99. The molecular formula is C29H32Cl2N4O4S. The molecule has 4 heterocycles. The molecule has 4 aliphatic rings. The monoisotopic (exact) mass is 602 g/mol. The van der Waals surface area contributed by atoms with Gasteiger partial charge in [-0.3, -0.25) is 14.2 Å². The van der Waals surface area contributed by atoms with Gasteiger partial charge >= 0.3 is 0 Å². The number of aryl methyl sites for hydroxylation is 1. The number of benzene rings is 2. The normalized spacial score (nSPS) is 19.0. The van der Waals surface area contributed by atoms with Gasteiger partial charge in [-0.05, 0) is 59.9 Å². The van der Waals surface area contributed by atoms with Gasteiger partial charge in [0.05, 0.1) is 17.3 Å². The van der Waals surface area contributed by atoms with E-state index in [-0.39, 0.29) is 47.9 Å². The first-order valence-corrected chi connectivity index (χ1v) is 14.3. The van der Waals surface area contributed by atoms with Gasteiger partial charge in [-0.25, -0.2) is 0 Å². The van der Waals surface area contributed by atoms with Crippen LogP contribution in [-0.2, 0) is 41.0 Å². The quantitative estimate of drug-likeness (QED) is 0.395. The van der Waals surface area contributed by atoms with Crippen molar-refractivity contribution in [2.24, 2.45) is 0 Å². The molecule has 3 N–H and O–H groups in total. The SMILES string of the molecule is Cl.Cl.O=C(NCc1ccc2c(c1)CN(CCCc1ccccc1)C2)C1=CC2CNC3=CC=CC(=C1S(=O)(=O)O)N32. The van der Waals surface area contributed by atoms with Crippen LogP contribution < -0.4 is 10.6 Å². The molecule has 0 aliphatic carbocycles. The van der Waals surface area contributed by atoms with Crippen molar-refractivity contribution in [3.05, 3.63) is 117 Å². The van der Waals surface area contributed by atoms with Crippen molar-refractivity contribution in [1.82, 2.24) is 20.4 Å². The third-order valence-corrected chi connectivity index (χ3v) is 8.43. The minimum absolute atomic E-state index is 0. The number of halogens is 2. The van der Waals surface area contributed by atoms with Gasteiger partial charge < -0.3 is 15.5 Å². The molecule has 0 radical (unpaired) electrons. The van der Waals surface area contributed by atoms with E-state index in [4.69, 9.17) is 0 Å². The predicted molar refractivity (Wildman–Crippen MR) is 159 cm³/mol. The molecule has 8 nitrogen and oxygen atoms in total. The minimum atomic E-state index is -4.64. The van der Waals surface area contributed by atoms with E-state index in [0.717, 1.165) is 43.9 Å². The molecule has 1 unspecified atom stereocenters. The van der Waals surface area contributed by atoms with Crippen LogP contribution >= 0.6 is 24.8 Å². The molecular weight excluding hydrogens is 571 g/mol. The zero-order valence-electron chi connectivity index (χ0n) is 21.7. The van der Waals surface area contributed by atoms with E-state index < -0.39 is 16.0 Å². The number of nitrogens with one attached hydrogen (secondary N) is 2. The highest BCUT2D eigenvalue weighted by Crippen LogP contribution is 2.37. The summed E-state index contributed by atoms with van der Waals surface area (Å²) in [5.41, 5.74) is 5.15. The summed E-state index contributed by atoms with van der Waals surface area (Å²) in [5.74, 6) is 0.223. The number of amides is 1. The van der Waals surface area contributed by atoms with Gasteiger partial charge in [-0.2, -0.15) is 8.42 Å². The molecule has 2 aromatic rings. The van der Waals surface area contributed by atoms with Crippen LogP contribution in [0.1, 0.15) is 28.7 Å². The highest BCUT2D eigenvalue weighted by Gasteiger charge is 2.41. The summed E-state index contributed by atoms with van der Waals surface area (Å²) in [7, 11) is -4.64. The van der Waals surface area contributed by atoms with Crippen LogP contribution in [0.5, 0.6) is 0 Å². The summed E-state index contributed by atoms with van der Waals surface area (Å²) in [6, 6.07) is 16.6. The third-order valence-electron chi connectivity index (χ3n) is 7.48. The van der Waals surface area contributed by atoms with E-state index in [0.29, 0.717) is 12.2 Å². The Morgan fingerprint density at radius 3 is 2.60 bits per heavy atom. The average molecular weight is 604 g/mol. The fourth-order valence-corrected chi connectivity index (χ4v) is 6.58. The van der Waals surface area contributed by atoms with E-state index in [1.54, 1.807) is 23.1 Å². The summed E-state index contributed by atoms with van der Waals surface area (Å²) in [6.45, 7) is 3.63. The van der Waals surface area contributed by atoms with Crippen LogP contribution in [0.2, 0.25) is 0 Å². The van der Waals surface area contributed by atoms with Crippen molar-refractivity contribution >= 4 is 40.8 Å². The number of nitrogens with zero attached hydrogens (tertiary/aromatic N) is 2. The predicted octanol–water partition coefficient (Wildman–Crippen LogP) is 3.82. The van der Waals surface area contributed by atoms with Gasteiger partial charge in [0.2, 0.25) is 0 Å². The summed E-state index contributed by atoms with van der Waals surface area (Å²) in [4.78, 5) is 17.1. The number of hydrogen-bond donors (Lipinski definition) is 3. The standard InChI is InChI=1S/C29H30N4O4S.2ClH/c34-29(25-15-24-17-30-27-10-4-9-26(33(24)27)28(25)38(35,36)37)31-16-21-11-12-22-18-32(19-23(22)14-21)13-5-8-20-6-2-1-3-7-20;;/h1-4,6-7,9-12,14-15,24,30H,5,8,13,16-19H2,(H,31,34)(H,35,36,37);2*1H. The fourth-order valence-electron chi connectivity index (χ4n) is 5.71. The van der Waals surface area contributed by atoms with Gasteiger partial charge in [-0.1, -0.05) is 54.6 Å². The van der Waals surface area contributed by atoms with Crippen molar-refractivity contribution in [2.45, 2.75) is 38.5 Å². The van der Waals surface area contributed by atoms with Crippen LogP contribution in [0.3, 0.4) is 0 Å². The Bertz CT molecular complexity index is 1520. The van der Waals surface area contributed by atoms with Crippen molar-refractivity contribution < 1.29 is 17.8 Å². The van der Waals surface area contributed by atoms with Gasteiger partial charge in [-0.15, -0.1) is 24.8 Å². The summed E-state index contributed by atoms with van der Waals surface area (Å²) in [6.07, 6.45) is 8.93. The second-order valence-electron chi connectivity index (χ2n) is 10.1. The lowest BCUT2D eigenvalue weighted by Gasteiger charge is -2.33. The Kier molecular flexibility index (Phi) is 9.12. The molecule has 0 bridgehead atoms. The van der Waals surface area contributed by atoms with Crippen LogP contribution in [0.15, 0.2) is 94.8 Å². The fraction of sp³-hybridized carbons (Fsp3) is 0.276. The minimum Gasteiger partial charge on any atom is -0.369 e. The van der Waals surface area contributed by atoms with Gasteiger partial charge in [0, 0.05) is 26.2 Å². The highest BCUT2D eigenvalue weighted by molar-refractivity contribution is 7.90. The van der Waals surface area contributed by atoms with Crippen LogP contribution in [0.4, 0.5) is 0 Å². The van der Waals surface area contributed by atoms with E-state index >= 15 is 0 Å². The number of hydrogen-bond acceptors (Lipinski definition) is 6. The molecule has 2 aromatic carbocycles. The molecule has 1 atom stereocenters. The summed E-state index contributed by atoms with van der Waals surface area (Å²) in [5, 5.41) is 6.08. The number of fused-ring (bicyclic) bond motifs is 1. The number of rotatable bonds is 8. The molecule has 1 fully saturated rings. The molecule has 40 heavy (non-hydrogen) atoms. The van der Waals surface area contributed by atoms with Crippen LogP contribution in [0, 0.1) is 0 Å². The van der Waals surface area contributed by atoms with Crippen molar-refractivity contribution in [3.63, 3.8) is 0 Å². The van der Waals surface area contributed by atoms with E-state index in [2.05, 4.69) is 51.9 Å². The first-order valence-electron chi connectivity index (χ1n) is 12.9. The van der Waals surface area contributed by atoms with Crippen molar-refractivity contribution in [2.75, 3.05) is 13.1 Å². The molecule has 0 saturated carbocycles. The van der Waals surface area contributed by atoms with Crippen LogP contribution in [-0.4, -0.2) is 47.8 Å². The lowest BCUT2D eigenvalue weighted by Crippen LogP contribution is -2.38. The zero-order valence-corrected chi connectivity index (χ0v) is 24.2. The number of carbonyl (C=O) groups is 1. The largest absolute Gasteiger partial charge is 0.369 e. The van der Waals surface area contributed by atoms with Crippen molar-refractivity contribution in [3.8, 4) is 0 Å². The Labute approximate surface area is 247 Å². The first kappa shape index (κ1) is 29.9. The second-order valence-corrected chi connectivity index (χ2v) is 11.4. The van der Waals surface area contributed by atoms with Gasteiger partial charge in [0.25, 0.3) is 16.0 Å².